The van der Waals surface area contributed by atoms with E-state index in [1.807, 2.05) is 40.8 Å². The largest absolute Gasteiger partial charge is 0.478 e. The summed E-state index contributed by atoms with van der Waals surface area (Å²) >= 11 is 43.3. The fourth-order valence-corrected chi connectivity index (χ4v) is 14.4. The van der Waals surface area contributed by atoms with Crippen molar-refractivity contribution in [1.82, 2.24) is 59.8 Å². The van der Waals surface area contributed by atoms with Gasteiger partial charge in [-0.25, -0.2) is 68.4 Å². The van der Waals surface area contributed by atoms with Crippen molar-refractivity contribution in [3.05, 3.63) is 260 Å². The monoisotopic (exact) mass is 1960 g/mol. The van der Waals surface area contributed by atoms with Crippen LogP contribution < -0.4 is 34.2 Å². The number of rotatable bonds is 3. The lowest BCUT2D eigenvalue weighted by molar-refractivity contribution is 0.0698. The Morgan fingerprint density at radius 3 is 1.17 bits per heavy atom. The minimum absolute atomic E-state index is 0.0481. The Morgan fingerprint density at radius 1 is 0.400 bits per heavy atom. The van der Waals surface area contributed by atoms with Crippen molar-refractivity contribution in [2.75, 3.05) is 28.7 Å². The van der Waals surface area contributed by atoms with Crippen molar-refractivity contribution in [2.24, 2.45) is 0 Å². The lowest BCUT2D eigenvalue weighted by Gasteiger charge is -2.07. The number of nitrogens with zero attached hydrogens (tertiary/aromatic N) is 14. The quantitative estimate of drug-likeness (QED) is 0.0491. The van der Waals surface area contributed by atoms with Crippen molar-refractivity contribution in [2.45, 2.75) is 0 Å². The molecule has 0 amide bonds. The maximum atomic E-state index is 13.3. The second kappa shape index (κ2) is 36.3. The molecular formula is C70H40Cl6F2I4N20O3. The van der Waals surface area contributed by atoms with Crippen LogP contribution in [0.1, 0.15) is 27.0 Å². The molecule has 23 nitrogen and oxygen atoms in total. The van der Waals surface area contributed by atoms with E-state index in [1.165, 1.54) is 68.3 Å². The van der Waals surface area contributed by atoms with Crippen LogP contribution in [0.15, 0.2) is 176 Å². The highest BCUT2D eigenvalue weighted by Gasteiger charge is 2.15. The molecule has 6 aromatic heterocycles. The van der Waals surface area contributed by atoms with Crippen LogP contribution in [0, 0.1) is 59.9 Å². The summed E-state index contributed by atoms with van der Waals surface area (Å²) in [6.45, 7) is 0. The molecule has 15 rings (SSSR count). The highest BCUT2D eigenvalue weighted by molar-refractivity contribution is 14.1. The smallest absolute Gasteiger partial charge is 0.337 e. The molecule has 15 aromatic rings. The molecule has 0 aliphatic rings. The van der Waals surface area contributed by atoms with Crippen LogP contribution in [0.2, 0.25) is 30.3 Å². The molecule has 0 atom stereocenters. The summed E-state index contributed by atoms with van der Waals surface area (Å²) in [5, 5.41) is 43.0. The molecule has 0 fully saturated rings. The molecule has 105 heavy (non-hydrogen) atoms. The van der Waals surface area contributed by atoms with Gasteiger partial charge in [0, 0.05) is 66.3 Å². The van der Waals surface area contributed by atoms with Crippen molar-refractivity contribution in [3.63, 3.8) is 0 Å². The molecule has 0 bridgehead atoms. The Balaban J connectivity index is 0.000000143. The van der Waals surface area contributed by atoms with E-state index in [0.717, 1.165) is 32.5 Å². The number of nitrogens with two attached hydrogens (primary N) is 5. The molecule has 0 aliphatic heterocycles. The molecule has 12 N–H and O–H groups in total. The van der Waals surface area contributed by atoms with Gasteiger partial charge in [-0.15, -0.1) is 0 Å². The maximum absolute atomic E-state index is 13.3. The van der Waals surface area contributed by atoms with Crippen molar-refractivity contribution in [3.8, 4) is 40.5 Å². The third-order valence-corrected chi connectivity index (χ3v) is 19.0. The number of hydrogen-bond acceptors (Lipinski definition) is 21. The first-order chi connectivity index (χ1) is 50.2. The van der Waals surface area contributed by atoms with E-state index in [9.17, 15) is 28.9 Å². The zero-order valence-corrected chi connectivity index (χ0v) is 65.8. The number of carboxylic acid groups (broad SMARTS) is 1. The molecule has 0 aliphatic carbocycles. The summed E-state index contributed by atoms with van der Waals surface area (Å²) < 4.78 is 30.1. The first kappa shape index (κ1) is 79.4. The number of carboxylic acids is 1. The summed E-state index contributed by atoms with van der Waals surface area (Å²) in [6, 6.07) is 42.1. The summed E-state index contributed by atoms with van der Waals surface area (Å²) in [6.07, 6.45) is 8.25. The van der Waals surface area contributed by atoms with Gasteiger partial charge in [0.05, 0.1) is 72.8 Å². The van der Waals surface area contributed by atoms with E-state index < -0.39 is 5.97 Å². The number of aromatic carboxylic acids is 1. The number of fused-ring (bicyclic) bond motifs is 6. The summed E-state index contributed by atoms with van der Waals surface area (Å²) in [4.78, 5) is 68.3. The molecule has 0 saturated carbocycles. The fourth-order valence-electron chi connectivity index (χ4n) is 9.49. The lowest BCUT2D eigenvalue weighted by Crippen LogP contribution is -2.06. The van der Waals surface area contributed by atoms with Crippen LogP contribution in [0.3, 0.4) is 0 Å². The first-order valence-corrected chi connectivity index (χ1v) is 35.7. The predicted molar refractivity (Wildman–Crippen MR) is 441 cm³/mol. The number of benzene rings is 9. The zero-order chi connectivity index (χ0) is 75.9. The van der Waals surface area contributed by atoms with Gasteiger partial charge < -0.3 is 38.8 Å². The van der Waals surface area contributed by atoms with Gasteiger partial charge >= 0.3 is 5.97 Å². The first-order valence-electron chi connectivity index (χ1n) is 29.1. The molecule has 0 saturated heterocycles. The average molecular weight is 1970 g/mol. The van der Waals surface area contributed by atoms with E-state index in [0.29, 0.717) is 140 Å². The molecule has 0 spiro atoms. The molecular weight excluding hydrogens is 1930 g/mol. The third kappa shape index (κ3) is 20.0. The number of hydrogen-bond donors (Lipinski definition) is 7. The van der Waals surface area contributed by atoms with Gasteiger partial charge in [0.2, 0.25) is 0 Å². The van der Waals surface area contributed by atoms with Gasteiger partial charge in [0.25, 0.3) is 5.56 Å². The topological polar surface area (TPSA) is 413 Å². The predicted octanol–water partition coefficient (Wildman–Crippen LogP) is 17.9. The average Bonchev–Trinajstić information content (AvgIpc) is 0.794. The Bertz CT molecular complexity index is 5870. The molecule has 0 radical (unpaired) electrons. The van der Waals surface area contributed by atoms with Gasteiger partial charge in [-0.1, -0.05) is 93.9 Å². The van der Waals surface area contributed by atoms with E-state index in [1.54, 1.807) is 91.0 Å². The van der Waals surface area contributed by atoms with Gasteiger partial charge in [-0.05, 0) is 222 Å². The molecule has 6 heterocycles. The zero-order valence-electron chi connectivity index (χ0n) is 52.6. The summed E-state index contributed by atoms with van der Waals surface area (Å²) in [5.74, 6) is -0.349. The minimum atomic E-state index is -1.06. The summed E-state index contributed by atoms with van der Waals surface area (Å²) in [5.41, 5.74) is 36.4. The highest BCUT2D eigenvalue weighted by Crippen LogP contribution is 2.34. The van der Waals surface area contributed by atoms with E-state index in [4.69, 9.17) is 109 Å². The van der Waals surface area contributed by atoms with Crippen molar-refractivity contribution >= 4 is 260 Å². The van der Waals surface area contributed by atoms with Crippen molar-refractivity contribution < 1.29 is 18.7 Å². The standard InChI is InChI=1S/2C15H9FN4.C9H5ClN4.C8H3Cl2IN2.C8H5ClIN3.C8H4ClIN2O.C7H5ClINO2/c2*16-12-3-1-2-9(5-12)10-4-11(7-17)14-13(6-10)15(18)20-8-19-14;10-6-1-5(3-11)8-7(2-6)9(12)14-4-13-8;9-4-1-5-7(6(11)2-4)12-3-13-8(5)10;9-4-1-5-7(6(10)2-4)12-3-13-8(5)11;9-4-1-5-7(6(10)2-4)11-3-12-8(5)13;8-3-1-4(7(11)12)6(10)5(9)2-3/h2*1-6,8H,(H2,18,19,20);1-2,4H,(H2,12,13,14);1-3H;1-3H,(H2,11,12,13);1-3H,(H,11,12,13);1-2H,10H2,(H,11,12). The second-order valence-corrected chi connectivity index (χ2v) is 28.2. The normalized spacial score (nSPS) is 10.4. The van der Waals surface area contributed by atoms with Crippen LogP contribution in [0.4, 0.5) is 37.7 Å². The van der Waals surface area contributed by atoms with Crippen molar-refractivity contribution in [1.29, 1.82) is 15.8 Å². The van der Waals surface area contributed by atoms with Crippen LogP contribution in [0.5, 0.6) is 0 Å². The number of nitriles is 3. The van der Waals surface area contributed by atoms with E-state index >= 15 is 0 Å². The van der Waals surface area contributed by atoms with Crippen LogP contribution in [0.25, 0.3) is 87.7 Å². The van der Waals surface area contributed by atoms with Gasteiger partial charge in [0.15, 0.2) is 0 Å². The Morgan fingerprint density at radius 2 is 0.743 bits per heavy atom. The lowest BCUT2D eigenvalue weighted by atomic mass is 10.00. The summed E-state index contributed by atoms with van der Waals surface area (Å²) in [7, 11) is 0. The van der Waals surface area contributed by atoms with Gasteiger partial charge in [-0.3, -0.25) is 4.79 Å². The fraction of sp³-hybridized carbons (Fsp3) is 0. The Hall–Kier alpha value is -9.72. The van der Waals surface area contributed by atoms with Crippen LogP contribution >= 0.6 is 160 Å². The Labute approximate surface area is 676 Å². The molecule has 0 unspecified atom stereocenters. The van der Waals surface area contributed by atoms with E-state index in [-0.39, 0.29) is 28.4 Å². The number of nitrogen functional groups attached to an aromatic ring is 5. The van der Waals surface area contributed by atoms with Gasteiger partial charge in [-0.2, -0.15) is 15.8 Å². The van der Waals surface area contributed by atoms with Crippen LogP contribution in [-0.2, 0) is 0 Å². The number of nitrogens with one attached hydrogen (secondary N) is 1. The minimum Gasteiger partial charge on any atom is -0.478 e. The molecule has 35 heteroatoms. The third-order valence-electron chi connectivity index (χ3n) is 14.2. The number of halogens is 12. The van der Waals surface area contributed by atoms with Gasteiger partial charge in [0.1, 0.15) is 89.9 Å². The number of H-pyrrole nitrogens is 1. The molecule has 522 valence electrons. The SMILES string of the molecule is Clc1cc(I)c2ncnc(Cl)c2c1.N#Cc1cc(-c2cccc(F)c2)cc2c(N)ncnc12.N#Cc1cc(-c2cccc(F)c2)cc2c(N)ncnc12.N#Cc1cc(Cl)cc2c(N)ncnc12.Nc1c(I)cc(Cl)cc1C(=O)O.Nc1ncnc2c(I)cc(Cl)cc12.O=c1[nH]cnc2c(I)cc(Cl)cc12. The number of aromatic amines is 1. The Kier molecular flexibility index (Phi) is 27.5. The highest BCUT2D eigenvalue weighted by atomic mass is 127. The molecule has 9 aromatic carbocycles. The maximum Gasteiger partial charge on any atom is 0.337 e. The number of carbonyl (C=O) groups is 1. The second-order valence-electron chi connectivity index (χ2n) is 21.0. The van der Waals surface area contributed by atoms with E-state index in [2.05, 4.69) is 140 Å². The number of anilines is 5. The van der Waals surface area contributed by atoms with Crippen LogP contribution in [-0.4, -0.2) is 70.9 Å². The number of aromatic nitrogens is 12.